The predicted molar refractivity (Wildman–Crippen MR) is 93.1 cm³/mol. The van der Waals surface area contributed by atoms with E-state index in [9.17, 15) is 8.42 Å². The Kier molecular flexibility index (Phi) is 4.34. The molecule has 0 unspecified atom stereocenters. The maximum atomic E-state index is 12.8. The van der Waals surface area contributed by atoms with Crippen molar-refractivity contribution in [3.63, 3.8) is 0 Å². The van der Waals surface area contributed by atoms with E-state index in [4.69, 9.17) is 16.0 Å². The summed E-state index contributed by atoms with van der Waals surface area (Å²) < 4.78 is 31.3. The maximum Gasteiger partial charge on any atom is 0.233 e. The molecule has 24 heavy (non-hydrogen) atoms. The van der Waals surface area contributed by atoms with Gasteiger partial charge in [-0.05, 0) is 43.3 Å². The van der Waals surface area contributed by atoms with E-state index >= 15 is 0 Å². The van der Waals surface area contributed by atoms with E-state index in [1.807, 2.05) is 31.2 Å². The third kappa shape index (κ3) is 3.02. The van der Waals surface area contributed by atoms with Crippen LogP contribution in [0.5, 0.6) is 0 Å². The van der Waals surface area contributed by atoms with E-state index in [1.54, 1.807) is 7.05 Å². The third-order valence-corrected chi connectivity index (χ3v) is 5.40. The fraction of sp³-hybridized carbons (Fsp3) is 0.118. The molecule has 1 N–H and O–H groups in total. The molecule has 0 aliphatic carbocycles. The highest BCUT2D eigenvalue weighted by Crippen LogP contribution is 2.32. The van der Waals surface area contributed by atoms with Crippen molar-refractivity contribution >= 4 is 27.3 Å². The molecule has 2 aromatic carbocycles. The molecule has 0 saturated heterocycles. The fourth-order valence-electron chi connectivity index (χ4n) is 2.27. The van der Waals surface area contributed by atoms with Crippen molar-refractivity contribution in [1.82, 2.24) is 4.98 Å². The lowest BCUT2D eigenvalue weighted by atomic mass is 10.1. The topological polar surface area (TPSA) is 72.2 Å². The van der Waals surface area contributed by atoms with Crippen molar-refractivity contribution in [3.8, 4) is 11.5 Å². The van der Waals surface area contributed by atoms with Gasteiger partial charge in [0.1, 0.15) is 0 Å². The molecule has 3 rings (SSSR count). The van der Waals surface area contributed by atoms with E-state index in [2.05, 4.69) is 10.3 Å². The third-order valence-electron chi connectivity index (χ3n) is 3.47. The number of aromatic nitrogens is 1. The van der Waals surface area contributed by atoms with Crippen LogP contribution in [-0.4, -0.2) is 20.4 Å². The van der Waals surface area contributed by atoms with Gasteiger partial charge in [-0.3, -0.25) is 0 Å². The van der Waals surface area contributed by atoms with Gasteiger partial charge in [0.2, 0.25) is 26.6 Å². The number of nitrogens with one attached hydrogen (secondary N) is 1. The van der Waals surface area contributed by atoms with Gasteiger partial charge >= 0.3 is 0 Å². The first-order valence-corrected chi connectivity index (χ1v) is 9.04. The van der Waals surface area contributed by atoms with Gasteiger partial charge in [0, 0.05) is 17.6 Å². The Hall–Kier alpha value is -2.31. The summed E-state index contributed by atoms with van der Waals surface area (Å²) >= 11 is 5.82. The first-order valence-electron chi connectivity index (χ1n) is 7.18. The molecule has 0 fully saturated rings. The lowest BCUT2D eigenvalue weighted by Gasteiger charge is -2.02. The second kappa shape index (κ2) is 6.30. The van der Waals surface area contributed by atoms with Gasteiger partial charge in [-0.25, -0.2) is 8.42 Å². The van der Waals surface area contributed by atoms with Gasteiger partial charge in [-0.2, -0.15) is 4.98 Å². The second-order valence-corrected chi connectivity index (χ2v) is 7.53. The monoisotopic (exact) mass is 362 g/mol. The van der Waals surface area contributed by atoms with E-state index in [1.165, 1.54) is 24.3 Å². The van der Waals surface area contributed by atoms with Crippen LogP contribution in [0.1, 0.15) is 5.56 Å². The Morgan fingerprint density at radius 1 is 1.12 bits per heavy atom. The molecule has 1 aromatic heterocycles. The number of aryl methyl sites for hydroxylation is 1. The number of nitrogens with zero attached hydrogens (tertiary/aromatic N) is 1. The van der Waals surface area contributed by atoms with Crippen LogP contribution in [0, 0.1) is 6.92 Å². The summed E-state index contributed by atoms with van der Waals surface area (Å²) in [7, 11) is -2.24. The Balaban J connectivity index is 2.12. The zero-order valence-corrected chi connectivity index (χ0v) is 14.6. The quantitative estimate of drug-likeness (QED) is 0.753. The Morgan fingerprint density at radius 2 is 1.83 bits per heavy atom. The van der Waals surface area contributed by atoms with Crippen LogP contribution in [-0.2, 0) is 9.84 Å². The molecular weight excluding hydrogens is 348 g/mol. The molecule has 3 aromatic rings. The van der Waals surface area contributed by atoms with Gasteiger partial charge in [0.25, 0.3) is 0 Å². The minimum atomic E-state index is -3.82. The Bertz CT molecular complexity index is 979. The first kappa shape index (κ1) is 16.5. The number of anilines is 1. The lowest BCUT2D eigenvalue weighted by Crippen LogP contribution is -2.05. The van der Waals surface area contributed by atoms with Gasteiger partial charge in [-0.15, -0.1) is 0 Å². The van der Waals surface area contributed by atoms with Gasteiger partial charge in [0.15, 0.2) is 0 Å². The minimum Gasteiger partial charge on any atom is -0.419 e. The Morgan fingerprint density at radius 3 is 2.46 bits per heavy atom. The highest BCUT2D eigenvalue weighted by molar-refractivity contribution is 7.91. The van der Waals surface area contributed by atoms with Crippen molar-refractivity contribution in [2.45, 2.75) is 16.8 Å². The zero-order chi connectivity index (χ0) is 17.3. The average Bonchev–Trinajstić information content (AvgIpc) is 3.00. The van der Waals surface area contributed by atoms with Crippen LogP contribution < -0.4 is 5.32 Å². The summed E-state index contributed by atoms with van der Waals surface area (Å²) in [6.45, 7) is 1.94. The van der Waals surface area contributed by atoms with Gasteiger partial charge < -0.3 is 9.73 Å². The number of rotatable bonds is 4. The highest BCUT2D eigenvalue weighted by atomic mass is 35.5. The summed E-state index contributed by atoms with van der Waals surface area (Å²) in [4.78, 5) is 4.32. The number of hydrogen-bond acceptors (Lipinski definition) is 5. The smallest absolute Gasteiger partial charge is 0.233 e. The fourth-order valence-corrected chi connectivity index (χ4v) is 3.71. The number of hydrogen-bond donors (Lipinski definition) is 1. The number of oxazole rings is 1. The van der Waals surface area contributed by atoms with E-state index in [0.717, 1.165) is 5.56 Å². The van der Waals surface area contributed by atoms with Crippen molar-refractivity contribution in [1.29, 1.82) is 0 Å². The molecule has 0 bridgehead atoms. The van der Waals surface area contributed by atoms with Gasteiger partial charge in [0.05, 0.1) is 4.90 Å². The maximum absolute atomic E-state index is 12.8. The molecule has 5 nitrogen and oxygen atoms in total. The van der Waals surface area contributed by atoms with E-state index in [-0.39, 0.29) is 21.7 Å². The molecular formula is C17H15ClN2O3S. The number of halogens is 1. The van der Waals surface area contributed by atoms with Crippen LogP contribution in [0.3, 0.4) is 0 Å². The normalized spacial score (nSPS) is 11.5. The first-order chi connectivity index (χ1) is 11.4. The van der Waals surface area contributed by atoms with Crippen molar-refractivity contribution < 1.29 is 12.8 Å². The van der Waals surface area contributed by atoms with Crippen LogP contribution in [0.2, 0.25) is 5.02 Å². The number of benzene rings is 2. The molecule has 0 radical (unpaired) electrons. The van der Waals surface area contributed by atoms with Gasteiger partial charge in [-0.1, -0.05) is 29.3 Å². The lowest BCUT2D eigenvalue weighted by molar-refractivity contribution is 0.580. The molecule has 0 amide bonds. The molecule has 0 spiro atoms. The molecule has 0 atom stereocenters. The molecule has 7 heteroatoms. The van der Waals surface area contributed by atoms with E-state index in [0.29, 0.717) is 10.6 Å². The van der Waals surface area contributed by atoms with Crippen LogP contribution in [0.15, 0.2) is 62.9 Å². The van der Waals surface area contributed by atoms with Crippen LogP contribution in [0.4, 0.5) is 5.88 Å². The molecule has 0 aliphatic heterocycles. The number of sulfone groups is 1. The Labute approximate surface area is 145 Å². The second-order valence-electron chi connectivity index (χ2n) is 5.23. The summed E-state index contributed by atoms with van der Waals surface area (Å²) in [5, 5.41) is 3.07. The van der Waals surface area contributed by atoms with Crippen molar-refractivity contribution in [2.75, 3.05) is 12.4 Å². The highest BCUT2D eigenvalue weighted by Gasteiger charge is 2.28. The van der Waals surface area contributed by atoms with Crippen LogP contribution >= 0.6 is 11.6 Å². The van der Waals surface area contributed by atoms with E-state index < -0.39 is 9.84 Å². The zero-order valence-electron chi connectivity index (χ0n) is 13.1. The molecule has 0 aliphatic rings. The summed E-state index contributed by atoms with van der Waals surface area (Å²) in [5.41, 5.74) is 1.74. The minimum absolute atomic E-state index is 0.0986. The summed E-state index contributed by atoms with van der Waals surface area (Å²) in [6, 6.07) is 13.4. The summed E-state index contributed by atoms with van der Waals surface area (Å²) in [6.07, 6.45) is 0. The SMILES string of the molecule is CNc1oc(-c2cccc(C)c2)nc1S(=O)(=O)c1ccc(Cl)cc1. The molecule has 124 valence electrons. The molecule has 0 saturated carbocycles. The summed E-state index contributed by atoms with van der Waals surface area (Å²) in [5.74, 6) is 0.344. The molecule has 1 heterocycles. The van der Waals surface area contributed by atoms with Crippen molar-refractivity contribution in [2.24, 2.45) is 0 Å². The largest absolute Gasteiger partial charge is 0.419 e. The van der Waals surface area contributed by atoms with Crippen LogP contribution in [0.25, 0.3) is 11.5 Å². The standard InChI is InChI=1S/C17H15ClN2O3S/c1-11-4-3-5-12(10-11)15-20-17(16(19-2)23-15)24(21,22)14-8-6-13(18)7-9-14/h3-10,19H,1-2H3. The average molecular weight is 363 g/mol. The van der Waals surface area contributed by atoms with Crippen molar-refractivity contribution in [3.05, 3.63) is 59.1 Å². The predicted octanol–water partition coefficient (Wildman–Crippen LogP) is 4.18.